The van der Waals surface area contributed by atoms with Crippen molar-refractivity contribution < 1.29 is 9.18 Å². The second kappa shape index (κ2) is 5.77. The molecule has 0 N–H and O–H groups in total. The molecular weight excluding hydrogens is 341 g/mol. The number of benzene rings is 1. The monoisotopic (exact) mass is 357 g/mol. The summed E-state index contributed by atoms with van der Waals surface area (Å²) in [5, 5.41) is 1.83. The molecule has 5 nitrogen and oxygen atoms in total. The molecule has 0 saturated heterocycles. The number of carbonyl (C=O) groups is 1. The van der Waals surface area contributed by atoms with Gasteiger partial charge in [-0.05, 0) is 50.5 Å². The molecule has 2 aromatic heterocycles. The first kappa shape index (κ1) is 16.0. The molecule has 1 aliphatic rings. The maximum Gasteiger partial charge on any atom is 0.271 e. The number of aryl methyl sites for hydroxylation is 2. The molecule has 7 heteroatoms. The zero-order valence-corrected chi connectivity index (χ0v) is 14.6. The molecule has 1 atom stereocenters. The lowest BCUT2D eigenvalue weighted by atomic mass is 9.96. The van der Waals surface area contributed by atoms with Gasteiger partial charge in [0.1, 0.15) is 11.4 Å². The molecule has 1 aromatic carbocycles. The van der Waals surface area contributed by atoms with E-state index in [9.17, 15) is 14.0 Å². The van der Waals surface area contributed by atoms with E-state index in [2.05, 4.69) is 4.98 Å². The zero-order valence-electron chi connectivity index (χ0n) is 13.8. The van der Waals surface area contributed by atoms with Gasteiger partial charge in [0.05, 0.1) is 0 Å². The van der Waals surface area contributed by atoms with Gasteiger partial charge in [-0.25, -0.2) is 9.37 Å². The van der Waals surface area contributed by atoms with Crippen molar-refractivity contribution in [2.45, 2.75) is 32.7 Å². The lowest BCUT2D eigenvalue weighted by molar-refractivity contribution is 0.0973. The maximum atomic E-state index is 13.5. The molecular formula is C18H16FN3O2S. The third kappa shape index (κ3) is 2.46. The summed E-state index contributed by atoms with van der Waals surface area (Å²) in [7, 11) is 0. The van der Waals surface area contributed by atoms with Crippen LogP contribution in [0.4, 0.5) is 10.1 Å². The highest BCUT2D eigenvalue weighted by Crippen LogP contribution is 2.32. The number of hydrogen-bond acceptors (Lipinski definition) is 4. The second-order valence-corrected chi connectivity index (χ2v) is 7.14. The molecule has 0 spiro atoms. The average Bonchev–Trinajstić information content (AvgIpc) is 2.97. The van der Waals surface area contributed by atoms with Gasteiger partial charge in [-0.1, -0.05) is 0 Å². The van der Waals surface area contributed by atoms with Crippen molar-refractivity contribution in [3.63, 3.8) is 0 Å². The van der Waals surface area contributed by atoms with Crippen LogP contribution in [0.3, 0.4) is 0 Å². The van der Waals surface area contributed by atoms with Gasteiger partial charge in [0.25, 0.3) is 11.5 Å². The van der Waals surface area contributed by atoms with E-state index in [0.717, 1.165) is 17.7 Å². The minimum atomic E-state index is -0.391. The minimum absolute atomic E-state index is 0.0306. The number of thiazole rings is 1. The molecule has 128 valence electrons. The molecule has 0 unspecified atom stereocenters. The fourth-order valence-electron chi connectivity index (χ4n) is 3.33. The summed E-state index contributed by atoms with van der Waals surface area (Å²) < 4.78 is 15.0. The summed E-state index contributed by atoms with van der Waals surface area (Å²) in [6, 6.07) is 4.33. The third-order valence-corrected chi connectivity index (χ3v) is 5.60. The molecule has 3 aromatic rings. The van der Waals surface area contributed by atoms with E-state index in [1.165, 1.54) is 34.1 Å². The molecule has 1 amide bonds. The molecule has 0 saturated carbocycles. The molecule has 25 heavy (non-hydrogen) atoms. The summed E-state index contributed by atoms with van der Waals surface area (Å²) in [6.07, 6.45) is 2.77. The van der Waals surface area contributed by atoms with Crippen molar-refractivity contribution >= 4 is 27.9 Å². The number of nitrogens with zero attached hydrogens (tertiary/aromatic N) is 3. The van der Waals surface area contributed by atoms with Gasteiger partial charge in [-0.15, -0.1) is 11.3 Å². The number of anilines is 1. The normalized spacial score (nSPS) is 16.9. The summed E-state index contributed by atoms with van der Waals surface area (Å²) in [4.78, 5) is 32.3. The predicted molar refractivity (Wildman–Crippen MR) is 95.1 cm³/mol. The van der Waals surface area contributed by atoms with Gasteiger partial charge >= 0.3 is 0 Å². The SMILES string of the molecule is Cc1csc2ncc(C(=O)N3c4ccc(F)cc4CC[C@@H]3C)c(=O)n12. The smallest absolute Gasteiger partial charge is 0.271 e. The first-order chi connectivity index (χ1) is 12.0. The van der Waals surface area contributed by atoms with Crippen LogP contribution in [-0.2, 0) is 6.42 Å². The summed E-state index contributed by atoms with van der Waals surface area (Å²) >= 11 is 1.36. The lowest BCUT2D eigenvalue weighted by Gasteiger charge is -2.35. The topological polar surface area (TPSA) is 54.7 Å². The lowest BCUT2D eigenvalue weighted by Crippen LogP contribution is -2.44. The third-order valence-electron chi connectivity index (χ3n) is 4.64. The highest BCUT2D eigenvalue weighted by Gasteiger charge is 2.31. The van der Waals surface area contributed by atoms with Gasteiger partial charge in [0.15, 0.2) is 4.96 Å². The number of amides is 1. The molecule has 0 bridgehead atoms. The van der Waals surface area contributed by atoms with E-state index in [-0.39, 0.29) is 23.0 Å². The average molecular weight is 357 g/mol. The molecule has 3 heterocycles. The Bertz CT molecular complexity index is 1060. The van der Waals surface area contributed by atoms with E-state index in [1.54, 1.807) is 11.0 Å². The maximum absolute atomic E-state index is 13.5. The van der Waals surface area contributed by atoms with Gasteiger partial charge in [-0.2, -0.15) is 0 Å². The van der Waals surface area contributed by atoms with Gasteiger partial charge < -0.3 is 4.90 Å². The van der Waals surface area contributed by atoms with Crippen molar-refractivity contribution in [2.75, 3.05) is 4.90 Å². The number of aromatic nitrogens is 2. The van der Waals surface area contributed by atoms with E-state index in [1.807, 2.05) is 19.2 Å². The first-order valence-electron chi connectivity index (χ1n) is 8.05. The Kier molecular flexibility index (Phi) is 3.68. The van der Waals surface area contributed by atoms with Crippen LogP contribution in [0.5, 0.6) is 0 Å². The number of rotatable bonds is 1. The van der Waals surface area contributed by atoms with Crippen molar-refractivity contribution in [1.82, 2.24) is 9.38 Å². The Morgan fingerprint density at radius 2 is 2.20 bits per heavy atom. The van der Waals surface area contributed by atoms with Crippen LogP contribution < -0.4 is 10.5 Å². The Balaban J connectivity index is 1.85. The van der Waals surface area contributed by atoms with E-state index >= 15 is 0 Å². The van der Waals surface area contributed by atoms with E-state index < -0.39 is 5.91 Å². The summed E-state index contributed by atoms with van der Waals surface area (Å²) in [6.45, 7) is 3.74. The fourth-order valence-corrected chi connectivity index (χ4v) is 4.16. The second-order valence-electron chi connectivity index (χ2n) is 6.31. The predicted octanol–water partition coefficient (Wildman–Crippen LogP) is 3.19. The molecule has 0 fully saturated rings. The molecule has 1 aliphatic heterocycles. The van der Waals surface area contributed by atoms with Crippen LogP contribution in [0, 0.1) is 12.7 Å². The summed E-state index contributed by atoms with van der Waals surface area (Å²) in [5.74, 6) is -0.713. The van der Waals surface area contributed by atoms with Crippen LogP contribution in [0.2, 0.25) is 0 Å². The van der Waals surface area contributed by atoms with Crippen molar-refractivity contribution in [3.05, 3.63) is 62.8 Å². The Morgan fingerprint density at radius 1 is 1.40 bits per heavy atom. The Labute approximate surface area is 147 Å². The highest BCUT2D eigenvalue weighted by molar-refractivity contribution is 7.15. The fraction of sp³-hybridized carbons (Fsp3) is 0.278. The van der Waals surface area contributed by atoms with Crippen molar-refractivity contribution in [3.8, 4) is 0 Å². The number of fused-ring (bicyclic) bond motifs is 2. The standard InChI is InChI=1S/C18H16FN3O2S/c1-10-3-4-12-7-13(19)5-6-15(12)21(10)16(23)14-8-20-18-22(17(14)24)11(2)9-25-18/h5-10H,3-4H2,1-2H3/t10-/m0/s1. The van der Waals surface area contributed by atoms with Crippen molar-refractivity contribution in [1.29, 1.82) is 0 Å². The largest absolute Gasteiger partial charge is 0.305 e. The van der Waals surface area contributed by atoms with Gasteiger partial charge in [-0.3, -0.25) is 14.0 Å². The van der Waals surface area contributed by atoms with Gasteiger partial charge in [0.2, 0.25) is 0 Å². The number of hydrogen-bond donors (Lipinski definition) is 0. The van der Waals surface area contributed by atoms with Gasteiger partial charge in [0, 0.05) is 29.0 Å². The molecule has 0 radical (unpaired) electrons. The van der Waals surface area contributed by atoms with E-state index in [4.69, 9.17) is 0 Å². The van der Waals surface area contributed by atoms with Crippen LogP contribution >= 0.6 is 11.3 Å². The molecule has 4 rings (SSSR count). The van der Waals surface area contributed by atoms with Crippen LogP contribution in [0.15, 0.2) is 34.6 Å². The Morgan fingerprint density at radius 3 is 3.00 bits per heavy atom. The summed E-state index contributed by atoms with van der Waals surface area (Å²) in [5.41, 5.74) is 1.86. The minimum Gasteiger partial charge on any atom is -0.305 e. The molecule has 0 aliphatic carbocycles. The number of halogens is 1. The van der Waals surface area contributed by atoms with Crippen molar-refractivity contribution in [2.24, 2.45) is 0 Å². The number of carbonyl (C=O) groups excluding carboxylic acids is 1. The quantitative estimate of drug-likeness (QED) is 0.672. The first-order valence-corrected chi connectivity index (χ1v) is 8.93. The van der Waals surface area contributed by atoms with Crippen LogP contribution in [0.25, 0.3) is 4.96 Å². The van der Waals surface area contributed by atoms with Crippen LogP contribution in [0.1, 0.15) is 35.0 Å². The zero-order chi connectivity index (χ0) is 17.7. The van der Waals surface area contributed by atoms with Crippen LogP contribution in [-0.4, -0.2) is 21.3 Å². The Hall–Kier alpha value is -2.54. The van der Waals surface area contributed by atoms with E-state index in [0.29, 0.717) is 17.1 Å². The highest BCUT2D eigenvalue weighted by atomic mass is 32.1.